The lowest BCUT2D eigenvalue weighted by atomic mass is 10.1. The first-order valence-electron chi connectivity index (χ1n) is 10.4. The van der Waals surface area contributed by atoms with Crippen molar-refractivity contribution in [1.29, 1.82) is 0 Å². The minimum absolute atomic E-state index is 0.634. The van der Waals surface area contributed by atoms with Crippen LogP contribution in [0.15, 0.2) is 106 Å². The van der Waals surface area contributed by atoms with E-state index < -0.39 is 7.92 Å². The van der Waals surface area contributed by atoms with E-state index in [4.69, 9.17) is 0 Å². The number of benzene rings is 4. The van der Waals surface area contributed by atoms with Crippen LogP contribution < -0.4 is 15.9 Å². The van der Waals surface area contributed by atoms with E-state index in [-0.39, 0.29) is 0 Å². The average Bonchev–Trinajstić information content (AvgIpc) is 2.81. The van der Waals surface area contributed by atoms with Gasteiger partial charge < -0.3 is 0 Å². The van der Waals surface area contributed by atoms with Gasteiger partial charge in [0.15, 0.2) is 0 Å². The molecular weight excluding hydrogens is 451 g/mol. The topological polar surface area (TPSA) is 0 Å². The van der Waals surface area contributed by atoms with Crippen molar-refractivity contribution in [2.75, 3.05) is 0 Å². The molecule has 0 saturated carbocycles. The Morgan fingerprint density at radius 2 is 0.774 bits per heavy atom. The summed E-state index contributed by atoms with van der Waals surface area (Å²) in [6, 6.07) is 34.6. The fourth-order valence-corrected chi connectivity index (χ4v) is 10.7. The lowest BCUT2D eigenvalue weighted by molar-refractivity contribution is 1.26. The van der Waals surface area contributed by atoms with Crippen molar-refractivity contribution >= 4 is 59.1 Å². The molecular formula is C27H21PS3. The molecule has 3 aliphatic heterocycles. The zero-order valence-corrected chi connectivity index (χ0v) is 20.3. The van der Waals surface area contributed by atoms with Gasteiger partial charge >= 0.3 is 0 Å². The Morgan fingerprint density at radius 1 is 0.452 bits per heavy atom. The molecule has 0 N–H and O–H groups in total. The van der Waals surface area contributed by atoms with Crippen LogP contribution in [0, 0.1) is 0 Å². The summed E-state index contributed by atoms with van der Waals surface area (Å²) in [5, 5.41) is 4.46. The molecule has 3 heterocycles. The summed E-state index contributed by atoms with van der Waals surface area (Å²) in [6.07, 6.45) is 0. The van der Waals surface area contributed by atoms with Crippen LogP contribution in [-0.4, -0.2) is 0 Å². The van der Waals surface area contributed by atoms with E-state index in [0.29, 0.717) is 0 Å². The summed E-state index contributed by atoms with van der Waals surface area (Å²) in [5.74, 6) is 3.08. The monoisotopic (exact) mass is 472 g/mol. The first-order valence-corrected chi connectivity index (χ1v) is 14.7. The van der Waals surface area contributed by atoms with Crippen molar-refractivity contribution < 1.29 is 0 Å². The second-order valence-electron chi connectivity index (χ2n) is 7.76. The Bertz CT molecular complexity index is 1100. The second-order valence-corrected chi connectivity index (χ2v) is 12.9. The van der Waals surface area contributed by atoms with Gasteiger partial charge in [0.05, 0.1) is 0 Å². The van der Waals surface area contributed by atoms with E-state index in [1.165, 1.54) is 47.3 Å². The molecule has 31 heavy (non-hydrogen) atoms. The molecule has 0 aliphatic carbocycles. The zero-order chi connectivity index (χ0) is 20.6. The van der Waals surface area contributed by atoms with Crippen molar-refractivity contribution in [2.24, 2.45) is 0 Å². The maximum absolute atomic E-state index is 2.42. The molecule has 0 unspecified atom stereocenters. The Morgan fingerprint density at radius 3 is 1.13 bits per heavy atom. The smallest absolute Gasteiger partial charge is 0.0232 e. The van der Waals surface area contributed by atoms with Gasteiger partial charge in [-0.2, -0.15) is 0 Å². The van der Waals surface area contributed by atoms with Crippen LogP contribution in [0.2, 0.25) is 0 Å². The first-order chi connectivity index (χ1) is 15.3. The molecule has 0 saturated heterocycles. The van der Waals surface area contributed by atoms with Gasteiger partial charge in [-0.25, -0.2) is 0 Å². The van der Waals surface area contributed by atoms with Crippen LogP contribution in [0.1, 0.15) is 16.7 Å². The summed E-state index contributed by atoms with van der Waals surface area (Å²) in [5.41, 5.74) is 4.33. The van der Waals surface area contributed by atoms with Gasteiger partial charge in [0, 0.05) is 31.9 Å². The van der Waals surface area contributed by atoms with Crippen molar-refractivity contribution in [1.82, 2.24) is 0 Å². The molecule has 152 valence electrons. The SMILES string of the molecule is c1ccc2c(c1)SCc1cc3cc(c1)CSc1ccccc1P2c1ccccc1SC3. The number of thioether (sulfide) groups is 3. The van der Waals surface area contributed by atoms with Gasteiger partial charge in [0.25, 0.3) is 0 Å². The standard InChI is InChI=1S/C27H21PS3/c1-4-10-25-22(7-1)28-23-8-2-5-11-26(23)30-17-20-13-19(16-29-25)14-21(15-20)18-31-27-12-6-3-9-24(27)28/h1-15H,16-18H2. The van der Waals surface area contributed by atoms with Gasteiger partial charge in [-0.3, -0.25) is 0 Å². The summed E-state index contributed by atoms with van der Waals surface area (Å²) in [4.78, 5) is 4.25. The van der Waals surface area contributed by atoms with Crippen molar-refractivity contribution in [3.63, 3.8) is 0 Å². The highest BCUT2D eigenvalue weighted by molar-refractivity contribution is 8.01. The van der Waals surface area contributed by atoms with Crippen LogP contribution in [-0.2, 0) is 17.3 Å². The molecule has 0 fully saturated rings. The molecule has 4 aromatic rings. The highest BCUT2D eigenvalue weighted by atomic mass is 32.2. The lowest BCUT2D eigenvalue weighted by Gasteiger charge is -2.27. The third kappa shape index (κ3) is 3.98. The summed E-state index contributed by atoms with van der Waals surface area (Å²) < 4.78 is 0. The molecule has 0 radical (unpaired) electrons. The van der Waals surface area contributed by atoms with Gasteiger partial charge in [0.1, 0.15) is 0 Å². The largest absolute Gasteiger partial charge is 0.121 e. The van der Waals surface area contributed by atoms with Gasteiger partial charge in [-0.1, -0.05) is 72.8 Å². The number of hydrogen-bond donors (Lipinski definition) is 0. The molecule has 3 aliphatic rings. The highest BCUT2D eigenvalue weighted by Gasteiger charge is 2.25. The van der Waals surface area contributed by atoms with Crippen LogP contribution in [0.3, 0.4) is 0 Å². The Balaban J connectivity index is 1.70. The molecule has 0 nitrogen and oxygen atoms in total. The van der Waals surface area contributed by atoms with Crippen LogP contribution in [0.4, 0.5) is 0 Å². The van der Waals surface area contributed by atoms with E-state index in [9.17, 15) is 0 Å². The predicted molar refractivity (Wildman–Crippen MR) is 140 cm³/mol. The van der Waals surface area contributed by atoms with E-state index in [0.717, 1.165) is 17.3 Å². The van der Waals surface area contributed by atoms with E-state index in [2.05, 4.69) is 91.0 Å². The second kappa shape index (κ2) is 8.71. The third-order valence-corrected chi connectivity index (χ3v) is 12.1. The quantitative estimate of drug-likeness (QED) is 0.254. The Labute approximate surface area is 198 Å². The molecule has 4 aromatic carbocycles. The maximum Gasteiger partial charge on any atom is 0.0232 e. The number of hydrogen-bond acceptors (Lipinski definition) is 3. The van der Waals surface area contributed by atoms with Crippen LogP contribution in [0.25, 0.3) is 0 Å². The molecule has 0 spiro atoms. The Kier molecular flexibility index (Phi) is 5.62. The fraction of sp³-hybridized carbons (Fsp3) is 0.111. The van der Waals surface area contributed by atoms with Crippen molar-refractivity contribution in [3.05, 3.63) is 108 Å². The Hall–Kier alpha value is -1.64. The minimum atomic E-state index is -0.634. The third-order valence-electron chi connectivity index (χ3n) is 5.61. The summed E-state index contributed by atoms with van der Waals surface area (Å²) >= 11 is 5.99. The van der Waals surface area contributed by atoms with Gasteiger partial charge in [-0.05, 0) is 58.7 Å². The minimum Gasteiger partial charge on any atom is -0.121 e. The van der Waals surface area contributed by atoms with Crippen LogP contribution >= 0.6 is 43.2 Å². The van der Waals surface area contributed by atoms with Gasteiger partial charge in [0.2, 0.25) is 0 Å². The fourth-order valence-electron chi connectivity index (χ4n) is 4.25. The van der Waals surface area contributed by atoms with Crippen molar-refractivity contribution in [3.8, 4) is 0 Å². The van der Waals surface area contributed by atoms with Gasteiger partial charge in [-0.15, -0.1) is 35.3 Å². The van der Waals surface area contributed by atoms with Crippen LogP contribution in [0.5, 0.6) is 0 Å². The maximum atomic E-state index is 2.42. The number of rotatable bonds is 0. The molecule has 0 amide bonds. The van der Waals surface area contributed by atoms with E-state index >= 15 is 0 Å². The molecule has 0 atom stereocenters. The summed E-state index contributed by atoms with van der Waals surface area (Å²) in [7, 11) is -0.634. The zero-order valence-electron chi connectivity index (χ0n) is 17.0. The van der Waals surface area contributed by atoms with Crippen molar-refractivity contribution in [2.45, 2.75) is 31.9 Å². The number of fused-ring (bicyclic) bond motifs is 3. The normalized spacial score (nSPS) is 15.5. The first kappa shape index (κ1) is 20.0. The lowest BCUT2D eigenvalue weighted by Crippen LogP contribution is -2.25. The van der Waals surface area contributed by atoms with E-state index in [1.54, 1.807) is 0 Å². The molecule has 4 heteroatoms. The average molecular weight is 473 g/mol. The summed E-state index contributed by atoms with van der Waals surface area (Å²) in [6.45, 7) is 0. The predicted octanol–water partition coefficient (Wildman–Crippen LogP) is 6.95. The molecule has 7 rings (SSSR count). The highest BCUT2D eigenvalue weighted by Crippen LogP contribution is 2.44. The van der Waals surface area contributed by atoms with E-state index in [1.807, 2.05) is 35.3 Å². The molecule has 4 bridgehead atoms. The molecule has 0 aromatic heterocycles.